The molecule has 0 fully saturated rings. The Bertz CT molecular complexity index is 1070. The van der Waals surface area contributed by atoms with Crippen molar-refractivity contribution in [3.8, 4) is 0 Å². The van der Waals surface area contributed by atoms with Gasteiger partial charge in [0.25, 0.3) is 0 Å². The maximum Gasteiger partial charge on any atom is 0.243 e. The van der Waals surface area contributed by atoms with E-state index in [9.17, 15) is 4.79 Å². The first-order chi connectivity index (χ1) is 13.4. The number of fused-ring (bicyclic) bond motifs is 1. The second-order valence-corrected chi connectivity index (χ2v) is 7.05. The van der Waals surface area contributed by atoms with Crippen LogP contribution in [-0.2, 0) is 9.53 Å². The van der Waals surface area contributed by atoms with E-state index in [1.54, 1.807) is 0 Å². The third-order valence-corrected chi connectivity index (χ3v) is 4.74. The quantitative estimate of drug-likeness (QED) is 0.699. The molecule has 28 heavy (non-hydrogen) atoms. The van der Waals surface area contributed by atoms with Gasteiger partial charge in [0, 0.05) is 48.9 Å². The topological polar surface area (TPSA) is 58.0 Å². The second-order valence-electron chi connectivity index (χ2n) is 7.05. The van der Waals surface area contributed by atoms with E-state index in [1.165, 1.54) is 11.9 Å². The molecule has 2 aromatic carbocycles. The number of nitrogens with zero attached hydrogens (tertiary/aromatic N) is 4. The molecule has 0 N–H and O–H groups in total. The van der Waals surface area contributed by atoms with E-state index in [2.05, 4.69) is 10.1 Å². The van der Waals surface area contributed by atoms with Crippen LogP contribution in [0.2, 0.25) is 0 Å². The molecule has 6 heteroatoms. The van der Waals surface area contributed by atoms with Gasteiger partial charge in [0.15, 0.2) is 0 Å². The Balaban J connectivity index is 1.75. The van der Waals surface area contributed by atoms with Crippen LogP contribution in [0.15, 0.2) is 59.7 Å². The number of carbonyl (C=O) groups excluding carboxylic acids is 1. The highest BCUT2D eigenvalue weighted by Crippen LogP contribution is 2.34. The van der Waals surface area contributed by atoms with Gasteiger partial charge in [-0.15, -0.1) is 5.10 Å². The molecule has 0 unspecified atom stereocenters. The molecule has 4 rings (SSSR count). The summed E-state index contributed by atoms with van der Waals surface area (Å²) < 4.78 is 6.18. The molecule has 0 radical (unpaired) electrons. The third kappa shape index (κ3) is 3.17. The Kier molecular flexibility index (Phi) is 4.47. The van der Waals surface area contributed by atoms with Gasteiger partial charge in [-0.3, -0.25) is 9.78 Å². The minimum absolute atomic E-state index is 0.177. The summed E-state index contributed by atoms with van der Waals surface area (Å²) in [6.07, 6.45) is -0.618. The average Bonchev–Trinajstić information content (AvgIpc) is 3.13. The number of anilines is 1. The van der Waals surface area contributed by atoms with E-state index >= 15 is 0 Å². The number of ether oxygens (including phenoxy) is 1. The SMILES string of the molecule is CC(=O)N1N=C(c2ccc(N(C)C)cc2)O[C@H]1c1cc(C)nc2ccccc12. The zero-order chi connectivity index (χ0) is 19.8. The van der Waals surface area contributed by atoms with Crippen LogP contribution in [0, 0.1) is 6.92 Å². The highest BCUT2D eigenvalue weighted by Gasteiger charge is 2.34. The number of benzene rings is 2. The number of rotatable bonds is 3. The molecular weight excluding hydrogens is 352 g/mol. The van der Waals surface area contributed by atoms with Gasteiger partial charge in [-0.1, -0.05) is 18.2 Å². The van der Waals surface area contributed by atoms with Gasteiger partial charge in [-0.05, 0) is 43.3 Å². The third-order valence-electron chi connectivity index (χ3n) is 4.74. The molecule has 0 bridgehead atoms. The molecule has 0 aliphatic carbocycles. The summed E-state index contributed by atoms with van der Waals surface area (Å²) in [7, 11) is 3.98. The van der Waals surface area contributed by atoms with Crippen LogP contribution >= 0.6 is 0 Å². The van der Waals surface area contributed by atoms with Crippen LogP contribution in [0.5, 0.6) is 0 Å². The molecule has 1 amide bonds. The van der Waals surface area contributed by atoms with Crippen molar-refractivity contribution in [2.75, 3.05) is 19.0 Å². The molecule has 0 saturated heterocycles. The van der Waals surface area contributed by atoms with E-state index in [0.717, 1.165) is 33.4 Å². The number of hydrazone groups is 1. The van der Waals surface area contributed by atoms with Gasteiger partial charge in [0.1, 0.15) is 0 Å². The lowest BCUT2D eigenvalue weighted by molar-refractivity contribution is -0.135. The lowest BCUT2D eigenvalue weighted by Gasteiger charge is -2.21. The summed E-state index contributed by atoms with van der Waals surface area (Å²) in [4.78, 5) is 18.9. The lowest BCUT2D eigenvalue weighted by Crippen LogP contribution is -2.25. The van der Waals surface area contributed by atoms with Gasteiger partial charge in [0.2, 0.25) is 18.0 Å². The summed E-state index contributed by atoms with van der Waals surface area (Å²) in [5, 5.41) is 6.82. The van der Waals surface area contributed by atoms with Gasteiger partial charge in [-0.25, -0.2) is 0 Å². The predicted octanol–water partition coefficient (Wildman–Crippen LogP) is 3.85. The molecule has 0 spiro atoms. The standard InChI is InChI=1S/C22H22N4O2/c1-14-13-19(18-7-5-6-8-20(18)23-14)22-26(15(2)27)24-21(28-22)16-9-11-17(12-10-16)25(3)4/h5-13,22H,1-4H3/t22-/m0/s1. The predicted molar refractivity (Wildman–Crippen MR) is 110 cm³/mol. The van der Waals surface area contributed by atoms with Crippen LogP contribution < -0.4 is 4.90 Å². The fourth-order valence-electron chi connectivity index (χ4n) is 3.33. The summed E-state index contributed by atoms with van der Waals surface area (Å²) in [6.45, 7) is 3.43. The number of carbonyl (C=O) groups is 1. The first-order valence-corrected chi connectivity index (χ1v) is 9.13. The molecule has 1 aliphatic rings. The number of pyridine rings is 1. The molecule has 2 heterocycles. The van der Waals surface area contributed by atoms with Crippen molar-refractivity contribution in [3.05, 3.63) is 71.4 Å². The molecular formula is C22H22N4O2. The summed E-state index contributed by atoms with van der Waals surface area (Å²) in [5.41, 5.74) is 4.52. The molecule has 1 atom stereocenters. The largest absolute Gasteiger partial charge is 0.446 e. The number of aromatic nitrogens is 1. The van der Waals surface area contributed by atoms with Crippen molar-refractivity contribution < 1.29 is 9.53 Å². The highest BCUT2D eigenvalue weighted by atomic mass is 16.5. The Morgan fingerprint density at radius 1 is 1.11 bits per heavy atom. The van der Waals surface area contributed by atoms with E-state index in [4.69, 9.17) is 4.74 Å². The van der Waals surface area contributed by atoms with Crippen LogP contribution in [-0.4, -0.2) is 35.9 Å². The van der Waals surface area contributed by atoms with Crippen molar-refractivity contribution in [3.63, 3.8) is 0 Å². The Morgan fingerprint density at radius 2 is 1.82 bits per heavy atom. The fourth-order valence-corrected chi connectivity index (χ4v) is 3.33. The van der Waals surface area contributed by atoms with E-state index in [-0.39, 0.29) is 5.91 Å². The smallest absolute Gasteiger partial charge is 0.243 e. The van der Waals surface area contributed by atoms with E-state index in [1.807, 2.05) is 80.5 Å². The first-order valence-electron chi connectivity index (χ1n) is 9.13. The van der Waals surface area contributed by atoms with Crippen LogP contribution in [0.3, 0.4) is 0 Å². The maximum atomic E-state index is 12.3. The normalized spacial score (nSPS) is 16.1. The number of hydrogen-bond acceptors (Lipinski definition) is 5. The molecule has 3 aromatic rings. The fraction of sp³-hybridized carbons (Fsp3) is 0.227. The highest BCUT2D eigenvalue weighted by molar-refractivity contribution is 5.97. The number of amides is 1. The number of aryl methyl sites for hydroxylation is 1. The van der Waals surface area contributed by atoms with Crippen molar-refractivity contribution in [1.82, 2.24) is 9.99 Å². The van der Waals surface area contributed by atoms with Crippen LogP contribution in [0.25, 0.3) is 10.9 Å². The van der Waals surface area contributed by atoms with Crippen LogP contribution in [0.4, 0.5) is 5.69 Å². The van der Waals surface area contributed by atoms with Crippen molar-refractivity contribution in [2.24, 2.45) is 5.10 Å². The molecule has 1 aromatic heterocycles. The lowest BCUT2D eigenvalue weighted by atomic mass is 10.1. The van der Waals surface area contributed by atoms with Crippen molar-refractivity contribution >= 4 is 28.4 Å². The van der Waals surface area contributed by atoms with Crippen molar-refractivity contribution in [2.45, 2.75) is 20.1 Å². The molecule has 0 saturated carbocycles. The summed E-state index contributed by atoms with van der Waals surface area (Å²) in [5.74, 6) is 0.257. The van der Waals surface area contributed by atoms with Gasteiger partial charge in [-0.2, -0.15) is 5.01 Å². The van der Waals surface area contributed by atoms with E-state index < -0.39 is 6.23 Å². The molecule has 142 valence electrons. The monoisotopic (exact) mass is 374 g/mol. The van der Waals surface area contributed by atoms with E-state index in [0.29, 0.717) is 5.90 Å². The Labute approximate surface area is 164 Å². The summed E-state index contributed by atoms with van der Waals surface area (Å²) in [6, 6.07) is 17.7. The number of para-hydroxylation sites is 1. The number of hydrogen-bond donors (Lipinski definition) is 0. The Hall–Kier alpha value is -3.41. The van der Waals surface area contributed by atoms with Gasteiger partial charge < -0.3 is 9.64 Å². The first kappa shape index (κ1) is 18.0. The van der Waals surface area contributed by atoms with Gasteiger partial charge in [0.05, 0.1) is 5.52 Å². The molecule has 6 nitrogen and oxygen atoms in total. The van der Waals surface area contributed by atoms with Crippen molar-refractivity contribution in [1.29, 1.82) is 0 Å². The van der Waals surface area contributed by atoms with Gasteiger partial charge >= 0.3 is 0 Å². The second kappa shape index (κ2) is 6.96. The zero-order valence-electron chi connectivity index (χ0n) is 16.4. The summed E-state index contributed by atoms with van der Waals surface area (Å²) >= 11 is 0. The Morgan fingerprint density at radius 3 is 2.50 bits per heavy atom. The van der Waals surface area contributed by atoms with Crippen LogP contribution in [0.1, 0.15) is 30.0 Å². The minimum atomic E-state index is -0.618. The maximum absolute atomic E-state index is 12.3. The zero-order valence-corrected chi connectivity index (χ0v) is 16.4. The molecule has 1 aliphatic heterocycles. The minimum Gasteiger partial charge on any atom is -0.446 e. The average molecular weight is 374 g/mol.